The van der Waals surface area contributed by atoms with Gasteiger partial charge >= 0.3 is 12.2 Å². The average molecular weight is 214 g/mol. The van der Waals surface area contributed by atoms with Crippen LogP contribution in [0.1, 0.15) is 0 Å². The molecular formula is C7H13F3N2O2. The Balaban J connectivity index is 3.35. The Morgan fingerprint density at radius 3 is 2.43 bits per heavy atom. The molecule has 0 radical (unpaired) electrons. The van der Waals surface area contributed by atoms with Gasteiger partial charge in [-0.2, -0.15) is 13.2 Å². The second kappa shape index (κ2) is 5.69. The fraction of sp³-hybridized carbons (Fsp3) is 0.857. The van der Waals surface area contributed by atoms with E-state index in [0.29, 0.717) is 0 Å². The van der Waals surface area contributed by atoms with Crippen molar-refractivity contribution in [3.05, 3.63) is 0 Å². The first-order valence-electron chi connectivity index (χ1n) is 3.92. The zero-order valence-electron chi connectivity index (χ0n) is 8.02. The standard InChI is InChI=1S/C7H13F3N2O2/c1-12(2)6(13)11-3-4-14-5-7(8,9)10/h3-5H2,1-2H3,(H,11,13). The monoisotopic (exact) mass is 214 g/mol. The van der Waals surface area contributed by atoms with E-state index in [2.05, 4.69) is 10.1 Å². The molecule has 0 atom stereocenters. The lowest BCUT2D eigenvalue weighted by Crippen LogP contribution is -2.36. The minimum Gasteiger partial charge on any atom is -0.370 e. The maximum atomic E-state index is 11.5. The van der Waals surface area contributed by atoms with Crippen molar-refractivity contribution in [1.29, 1.82) is 0 Å². The largest absolute Gasteiger partial charge is 0.411 e. The molecule has 0 aliphatic rings. The number of urea groups is 1. The summed E-state index contributed by atoms with van der Waals surface area (Å²) >= 11 is 0. The minimum atomic E-state index is -4.31. The maximum absolute atomic E-state index is 11.5. The molecule has 0 unspecified atom stereocenters. The van der Waals surface area contributed by atoms with Crippen LogP contribution < -0.4 is 5.32 Å². The predicted molar refractivity (Wildman–Crippen MR) is 44.0 cm³/mol. The van der Waals surface area contributed by atoms with Gasteiger partial charge in [-0.05, 0) is 0 Å². The summed E-state index contributed by atoms with van der Waals surface area (Å²) in [6, 6.07) is -0.361. The molecule has 4 nitrogen and oxygen atoms in total. The second-order valence-corrected chi connectivity index (χ2v) is 2.79. The van der Waals surface area contributed by atoms with Gasteiger partial charge in [-0.3, -0.25) is 0 Å². The Labute approximate surface area is 80.0 Å². The van der Waals surface area contributed by atoms with Crippen LogP contribution >= 0.6 is 0 Å². The van der Waals surface area contributed by atoms with Gasteiger partial charge < -0.3 is 15.0 Å². The molecule has 0 saturated heterocycles. The summed E-state index contributed by atoms with van der Waals surface area (Å²) in [5, 5.41) is 2.36. The average Bonchev–Trinajstić information content (AvgIpc) is 2.01. The zero-order chi connectivity index (χ0) is 11.2. The molecule has 0 saturated carbocycles. The first-order chi connectivity index (χ1) is 6.33. The topological polar surface area (TPSA) is 41.6 Å². The van der Waals surface area contributed by atoms with Crippen LogP contribution in [-0.2, 0) is 4.74 Å². The molecular weight excluding hydrogens is 201 g/mol. The normalized spacial score (nSPS) is 11.2. The van der Waals surface area contributed by atoms with Crippen molar-refractivity contribution in [3.8, 4) is 0 Å². The molecule has 84 valence electrons. The SMILES string of the molecule is CN(C)C(=O)NCCOCC(F)(F)F. The summed E-state index contributed by atoms with van der Waals surface area (Å²) in [4.78, 5) is 12.1. The summed E-state index contributed by atoms with van der Waals surface area (Å²) in [6.45, 7) is -1.38. The second-order valence-electron chi connectivity index (χ2n) is 2.79. The van der Waals surface area contributed by atoms with Crippen LogP contribution in [0.4, 0.5) is 18.0 Å². The Morgan fingerprint density at radius 2 is 2.00 bits per heavy atom. The van der Waals surface area contributed by atoms with Crippen LogP contribution in [0.3, 0.4) is 0 Å². The highest BCUT2D eigenvalue weighted by atomic mass is 19.4. The minimum absolute atomic E-state index is 0.0626. The summed E-state index contributed by atoms with van der Waals surface area (Å²) in [5.41, 5.74) is 0. The van der Waals surface area contributed by atoms with Gasteiger partial charge in [0.05, 0.1) is 6.61 Å². The molecule has 0 aromatic heterocycles. The number of ether oxygens (including phenoxy) is 1. The van der Waals surface area contributed by atoms with Crippen molar-refractivity contribution in [1.82, 2.24) is 10.2 Å². The van der Waals surface area contributed by atoms with E-state index in [4.69, 9.17) is 0 Å². The number of carbonyl (C=O) groups is 1. The van der Waals surface area contributed by atoms with E-state index >= 15 is 0 Å². The Morgan fingerprint density at radius 1 is 1.43 bits per heavy atom. The summed E-state index contributed by atoms with van der Waals surface area (Å²) < 4.78 is 38.9. The Bertz CT molecular complexity index is 182. The highest BCUT2D eigenvalue weighted by molar-refractivity contribution is 5.73. The lowest BCUT2D eigenvalue weighted by molar-refractivity contribution is -0.173. The van der Waals surface area contributed by atoms with Gasteiger partial charge in [0.1, 0.15) is 6.61 Å². The van der Waals surface area contributed by atoms with Crippen molar-refractivity contribution < 1.29 is 22.7 Å². The van der Waals surface area contributed by atoms with E-state index < -0.39 is 12.8 Å². The number of nitrogens with zero attached hydrogens (tertiary/aromatic N) is 1. The van der Waals surface area contributed by atoms with Crippen molar-refractivity contribution in [3.63, 3.8) is 0 Å². The lowest BCUT2D eigenvalue weighted by atomic mass is 10.6. The van der Waals surface area contributed by atoms with Gasteiger partial charge in [-0.25, -0.2) is 4.79 Å². The van der Waals surface area contributed by atoms with E-state index in [1.165, 1.54) is 19.0 Å². The number of amides is 2. The number of hydrogen-bond acceptors (Lipinski definition) is 2. The quantitative estimate of drug-likeness (QED) is 0.704. The van der Waals surface area contributed by atoms with Crippen LogP contribution in [0.5, 0.6) is 0 Å². The molecule has 0 aromatic rings. The third kappa shape index (κ3) is 7.66. The van der Waals surface area contributed by atoms with E-state index in [1.54, 1.807) is 0 Å². The van der Waals surface area contributed by atoms with E-state index in [1.807, 2.05) is 0 Å². The zero-order valence-corrected chi connectivity index (χ0v) is 8.02. The highest BCUT2D eigenvalue weighted by Gasteiger charge is 2.27. The van der Waals surface area contributed by atoms with Crippen molar-refractivity contribution in [2.45, 2.75) is 6.18 Å². The van der Waals surface area contributed by atoms with Crippen molar-refractivity contribution in [2.24, 2.45) is 0 Å². The van der Waals surface area contributed by atoms with E-state index in [0.717, 1.165) is 0 Å². The smallest absolute Gasteiger partial charge is 0.370 e. The maximum Gasteiger partial charge on any atom is 0.411 e. The van der Waals surface area contributed by atoms with Gasteiger partial charge in [0.15, 0.2) is 0 Å². The lowest BCUT2D eigenvalue weighted by Gasteiger charge is -2.12. The molecule has 0 aliphatic heterocycles. The number of carbonyl (C=O) groups excluding carboxylic acids is 1. The van der Waals surface area contributed by atoms with Gasteiger partial charge in [0.25, 0.3) is 0 Å². The molecule has 1 N–H and O–H groups in total. The summed E-state index contributed by atoms with van der Waals surface area (Å²) in [5.74, 6) is 0. The molecule has 14 heavy (non-hydrogen) atoms. The third-order valence-corrected chi connectivity index (χ3v) is 1.19. The molecule has 0 fully saturated rings. The summed E-state index contributed by atoms with van der Waals surface area (Å²) in [7, 11) is 3.07. The molecule has 0 spiro atoms. The van der Waals surface area contributed by atoms with Crippen LogP contribution in [0.25, 0.3) is 0 Å². The number of nitrogens with one attached hydrogen (secondary N) is 1. The van der Waals surface area contributed by atoms with Crippen LogP contribution in [0.15, 0.2) is 0 Å². The van der Waals surface area contributed by atoms with Gasteiger partial charge in [0.2, 0.25) is 0 Å². The Hall–Kier alpha value is -0.980. The Kier molecular flexibility index (Phi) is 5.29. The number of hydrogen-bond donors (Lipinski definition) is 1. The fourth-order valence-electron chi connectivity index (χ4n) is 0.576. The fourth-order valence-corrected chi connectivity index (χ4v) is 0.576. The molecule has 0 aliphatic carbocycles. The van der Waals surface area contributed by atoms with Gasteiger partial charge in [-0.1, -0.05) is 0 Å². The first kappa shape index (κ1) is 13.0. The van der Waals surface area contributed by atoms with Crippen LogP contribution in [0.2, 0.25) is 0 Å². The number of halogens is 3. The van der Waals surface area contributed by atoms with Crippen LogP contribution in [0, 0.1) is 0 Å². The molecule has 0 rings (SSSR count). The highest BCUT2D eigenvalue weighted by Crippen LogP contribution is 2.13. The molecule has 2 amide bonds. The van der Waals surface area contributed by atoms with Crippen molar-refractivity contribution >= 4 is 6.03 Å². The predicted octanol–water partition coefficient (Wildman–Crippen LogP) is 0.836. The van der Waals surface area contributed by atoms with Gasteiger partial charge in [0, 0.05) is 20.6 Å². The van der Waals surface area contributed by atoms with Crippen molar-refractivity contribution in [2.75, 3.05) is 33.9 Å². The molecule has 0 heterocycles. The molecule has 7 heteroatoms. The van der Waals surface area contributed by atoms with E-state index in [9.17, 15) is 18.0 Å². The molecule has 0 bridgehead atoms. The van der Waals surface area contributed by atoms with Crippen LogP contribution in [-0.4, -0.2) is 51.0 Å². The van der Waals surface area contributed by atoms with E-state index in [-0.39, 0.29) is 19.2 Å². The molecule has 0 aromatic carbocycles. The first-order valence-corrected chi connectivity index (χ1v) is 3.92. The summed E-state index contributed by atoms with van der Waals surface area (Å²) in [6.07, 6.45) is -4.31. The number of alkyl halides is 3. The van der Waals surface area contributed by atoms with Gasteiger partial charge in [-0.15, -0.1) is 0 Å². The third-order valence-electron chi connectivity index (χ3n) is 1.19. The number of rotatable bonds is 4.